The van der Waals surface area contributed by atoms with Gasteiger partial charge in [0.1, 0.15) is 0 Å². The molecule has 1 N–H and O–H groups in total. The highest BCUT2D eigenvalue weighted by Gasteiger charge is 2.12. The van der Waals surface area contributed by atoms with Crippen LogP contribution in [0.5, 0.6) is 0 Å². The second-order valence-electron chi connectivity index (χ2n) is 2.37. The van der Waals surface area contributed by atoms with Gasteiger partial charge in [-0.3, -0.25) is 0 Å². The number of hydrogen-bond acceptors (Lipinski definition) is 5. The molecule has 72 valence electrons. The van der Waals surface area contributed by atoms with Crippen LogP contribution in [0.1, 0.15) is 23.4 Å². The maximum atomic E-state index is 11.1. The van der Waals surface area contributed by atoms with Crippen LogP contribution in [-0.2, 0) is 11.3 Å². The van der Waals surface area contributed by atoms with Crippen LogP contribution in [-0.4, -0.2) is 24.6 Å². The number of nitrogens with one attached hydrogen (secondary N) is 1. The molecule has 13 heavy (non-hydrogen) atoms. The van der Waals surface area contributed by atoms with Gasteiger partial charge in [-0.1, -0.05) is 0 Å². The summed E-state index contributed by atoms with van der Waals surface area (Å²) < 4.78 is 9.82. The number of carbonyl (C=O) groups excluding carboxylic acids is 1. The molecule has 0 aromatic carbocycles. The molecular formula is C8H12N2O3. The van der Waals surface area contributed by atoms with Crippen LogP contribution in [0.3, 0.4) is 0 Å². The fraction of sp³-hybridized carbons (Fsp3) is 0.500. The Bertz CT molecular complexity index is 283. The van der Waals surface area contributed by atoms with Crippen molar-refractivity contribution < 1.29 is 13.9 Å². The van der Waals surface area contributed by atoms with E-state index >= 15 is 0 Å². The maximum Gasteiger partial charge on any atom is 0.375 e. The van der Waals surface area contributed by atoms with E-state index in [0.717, 1.165) is 0 Å². The number of nitrogens with zero attached hydrogens (tertiary/aromatic N) is 1. The smallest absolute Gasteiger partial charge is 0.375 e. The molecule has 0 radical (unpaired) electrons. The lowest BCUT2D eigenvalue weighted by atomic mass is 10.5. The van der Waals surface area contributed by atoms with Gasteiger partial charge in [-0.05, 0) is 14.0 Å². The normalized spacial score (nSPS) is 10.0. The Hall–Kier alpha value is -1.36. The highest BCUT2D eigenvalue weighted by atomic mass is 16.5. The summed E-state index contributed by atoms with van der Waals surface area (Å²) in [5.41, 5.74) is 0. The van der Waals surface area contributed by atoms with E-state index in [9.17, 15) is 4.79 Å². The van der Waals surface area contributed by atoms with Crippen molar-refractivity contribution in [2.24, 2.45) is 0 Å². The molecule has 5 heteroatoms. The Morgan fingerprint density at radius 3 is 3.15 bits per heavy atom. The summed E-state index contributed by atoms with van der Waals surface area (Å²) in [6.45, 7) is 2.57. The topological polar surface area (TPSA) is 64.4 Å². The molecule has 0 saturated heterocycles. The zero-order valence-corrected chi connectivity index (χ0v) is 7.66. The summed E-state index contributed by atoms with van der Waals surface area (Å²) in [6, 6.07) is 0. The van der Waals surface area contributed by atoms with Crippen LogP contribution in [0.15, 0.2) is 10.6 Å². The van der Waals surface area contributed by atoms with Crippen molar-refractivity contribution in [2.75, 3.05) is 13.7 Å². The molecule has 1 heterocycles. The van der Waals surface area contributed by atoms with E-state index in [-0.39, 0.29) is 5.76 Å². The van der Waals surface area contributed by atoms with Crippen LogP contribution in [0.4, 0.5) is 0 Å². The lowest BCUT2D eigenvalue weighted by Gasteiger charge is -1.95. The van der Waals surface area contributed by atoms with Crippen LogP contribution < -0.4 is 5.32 Å². The molecule has 5 nitrogen and oxygen atoms in total. The van der Waals surface area contributed by atoms with Gasteiger partial charge >= 0.3 is 5.97 Å². The number of hydrogen-bond donors (Lipinski definition) is 1. The monoisotopic (exact) mass is 184 g/mol. The number of ether oxygens (including phenoxy) is 1. The molecule has 0 saturated carbocycles. The SMILES string of the molecule is CCOC(=O)c1cnc(CNC)o1. The van der Waals surface area contributed by atoms with Gasteiger partial charge in [-0.25, -0.2) is 9.78 Å². The molecular weight excluding hydrogens is 172 g/mol. The van der Waals surface area contributed by atoms with Gasteiger partial charge in [-0.15, -0.1) is 0 Å². The molecule has 0 unspecified atom stereocenters. The van der Waals surface area contributed by atoms with E-state index in [4.69, 9.17) is 9.15 Å². The zero-order chi connectivity index (χ0) is 9.68. The summed E-state index contributed by atoms with van der Waals surface area (Å²) >= 11 is 0. The molecule has 1 rings (SSSR count). The van der Waals surface area contributed by atoms with Gasteiger partial charge in [0.25, 0.3) is 0 Å². The molecule has 0 aliphatic heterocycles. The van der Waals surface area contributed by atoms with Crippen molar-refractivity contribution >= 4 is 5.97 Å². The summed E-state index contributed by atoms with van der Waals surface area (Å²) in [5, 5.41) is 2.86. The van der Waals surface area contributed by atoms with E-state index in [0.29, 0.717) is 19.0 Å². The van der Waals surface area contributed by atoms with Gasteiger partial charge in [0.2, 0.25) is 11.7 Å². The molecule has 0 spiro atoms. The molecule has 0 atom stereocenters. The third kappa shape index (κ3) is 2.55. The van der Waals surface area contributed by atoms with Crippen LogP contribution in [0, 0.1) is 0 Å². The zero-order valence-electron chi connectivity index (χ0n) is 7.66. The van der Waals surface area contributed by atoms with Gasteiger partial charge in [0.05, 0.1) is 19.3 Å². The summed E-state index contributed by atoms with van der Waals surface area (Å²) in [6.07, 6.45) is 1.37. The predicted molar refractivity (Wildman–Crippen MR) is 45.2 cm³/mol. The minimum absolute atomic E-state index is 0.145. The fourth-order valence-corrected chi connectivity index (χ4v) is 0.840. The average Bonchev–Trinajstić information content (AvgIpc) is 2.54. The quantitative estimate of drug-likeness (QED) is 0.693. The first-order valence-electron chi connectivity index (χ1n) is 4.04. The van der Waals surface area contributed by atoms with Gasteiger partial charge in [0, 0.05) is 0 Å². The number of rotatable bonds is 4. The number of oxazole rings is 1. The van der Waals surface area contributed by atoms with Gasteiger partial charge < -0.3 is 14.5 Å². The fourth-order valence-electron chi connectivity index (χ4n) is 0.840. The molecule has 0 aliphatic carbocycles. The second kappa shape index (κ2) is 4.61. The van der Waals surface area contributed by atoms with Crippen LogP contribution in [0.25, 0.3) is 0 Å². The number of aromatic nitrogens is 1. The van der Waals surface area contributed by atoms with Crippen molar-refractivity contribution in [1.82, 2.24) is 10.3 Å². The molecule has 0 fully saturated rings. The Morgan fingerprint density at radius 2 is 2.54 bits per heavy atom. The van der Waals surface area contributed by atoms with Crippen molar-refractivity contribution in [3.8, 4) is 0 Å². The largest absolute Gasteiger partial charge is 0.460 e. The highest BCUT2D eigenvalue weighted by Crippen LogP contribution is 2.04. The van der Waals surface area contributed by atoms with Crippen molar-refractivity contribution in [3.63, 3.8) is 0 Å². The second-order valence-corrected chi connectivity index (χ2v) is 2.37. The van der Waals surface area contributed by atoms with E-state index < -0.39 is 5.97 Å². The molecule has 0 aliphatic rings. The first-order chi connectivity index (χ1) is 6.27. The maximum absolute atomic E-state index is 11.1. The van der Waals surface area contributed by atoms with Crippen LogP contribution >= 0.6 is 0 Å². The minimum atomic E-state index is -0.475. The van der Waals surface area contributed by atoms with E-state index in [1.165, 1.54) is 6.20 Å². The number of esters is 1. The average molecular weight is 184 g/mol. The van der Waals surface area contributed by atoms with Gasteiger partial charge in [-0.2, -0.15) is 0 Å². The Morgan fingerprint density at radius 1 is 1.77 bits per heavy atom. The Balaban J connectivity index is 2.62. The van der Waals surface area contributed by atoms with Gasteiger partial charge in [0.15, 0.2) is 0 Å². The van der Waals surface area contributed by atoms with Crippen molar-refractivity contribution in [1.29, 1.82) is 0 Å². The molecule has 1 aromatic rings. The third-order valence-corrected chi connectivity index (χ3v) is 1.36. The van der Waals surface area contributed by atoms with E-state index in [1.54, 1.807) is 14.0 Å². The standard InChI is InChI=1S/C8H12N2O3/c1-3-12-8(11)6-4-10-7(13-6)5-9-2/h4,9H,3,5H2,1-2H3. The Labute approximate surface area is 76.1 Å². The van der Waals surface area contributed by atoms with E-state index in [1.807, 2.05) is 0 Å². The highest BCUT2D eigenvalue weighted by molar-refractivity contribution is 5.85. The lowest BCUT2D eigenvalue weighted by Crippen LogP contribution is -2.05. The minimum Gasteiger partial charge on any atom is -0.460 e. The van der Waals surface area contributed by atoms with Crippen molar-refractivity contribution in [2.45, 2.75) is 13.5 Å². The summed E-state index contributed by atoms with van der Waals surface area (Å²) in [4.78, 5) is 15.0. The first-order valence-corrected chi connectivity index (χ1v) is 4.04. The Kier molecular flexibility index (Phi) is 3.45. The first kappa shape index (κ1) is 9.73. The summed E-state index contributed by atoms with van der Waals surface area (Å²) in [7, 11) is 1.77. The lowest BCUT2D eigenvalue weighted by molar-refractivity contribution is 0.0488. The predicted octanol–water partition coefficient (Wildman–Crippen LogP) is 0.571. The summed E-state index contributed by atoms with van der Waals surface area (Å²) in [5.74, 6) is 0.148. The molecule has 0 bridgehead atoms. The molecule has 0 amide bonds. The van der Waals surface area contributed by atoms with Crippen LogP contribution in [0.2, 0.25) is 0 Å². The van der Waals surface area contributed by atoms with E-state index in [2.05, 4.69) is 10.3 Å². The number of carbonyl (C=O) groups is 1. The molecule has 1 aromatic heterocycles. The van der Waals surface area contributed by atoms with Crippen molar-refractivity contribution in [3.05, 3.63) is 17.8 Å². The third-order valence-electron chi connectivity index (χ3n) is 1.36.